The standard InChI is InChI=1S/C11H23NO3S/c1-10(8-12)9-16(13,14)7-3-5-11-4-2-6-15-11/h10-11H,2-9,12H2,1H3. The highest BCUT2D eigenvalue weighted by Crippen LogP contribution is 2.17. The molecule has 1 aliphatic rings. The van der Waals surface area contributed by atoms with Gasteiger partial charge < -0.3 is 10.5 Å². The van der Waals surface area contributed by atoms with Gasteiger partial charge in [-0.3, -0.25) is 0 Å². The number of sulfone groups is 1. The van der Waals surface area contributed by atoms with Crippen molar-refractivity contribution in [2.75, 3.05) is 24.7 Å². The highest BCUT2D eigenvalue weighted by Gasteiger charge is 2.18. The molecule has 0 amide bonds. The van der Waals surface area contributed by atoms with E-state index in [0.29, 0.717) is 19.1 Å². The molecule has 1 saturated heterocycles. The van der Waals surface area contributed by atoms with Crippen molar-refractivity contribution in [3.63, 3.8) is 0 Å². The van der Waals surface area contributed by atoms with Gasteiger partial charge in [0.15, 0.2) is 9.84 Å². The topological polar surface area (TPSA) is 69.4 Å². The van der Waals surface area contributed by atoms with E-state index in [0.717, 1.165) is 25.9 Å². The fourth-order valence-electron chi connectivity index (χ4n) is 1.99. The first-order valence-corrected chi connectivity index (χ1v) is 7.88. The Kier molecular flexibility index (Phi) is 5.72. The average Bonchev–Trinajstić information content (AvgIpc) is 2.69. The number of ether oxygens (including phenoxy) is 1. The Balaban J connectivity index is 2.19. The van der Waals surface area contributed by atoms with E-state index >= 15 is 0 Å². The second kappa shape index (κ2) is 6.57. The predicted molar refractivity (Wildman–Crippen MR) is 65.1 cm³/mol. The van der Waals surface area contributed by atoms with Gasteiger partial charge in [0.05, 0.1) is 17.6 Å². The van der Waals surface area contributed by atoms with Crippen molar-refractivity contribution < 1.29 is 13.2 Å². The van der Waals surface area contributed by atoms with Crippen LogP contribution < -0.4 is 5.73 Å². The molecule has 0 saturated carbocycles. The van der Waals surface area contributed by atoms with Crippen molar-refractivity contribution in [3.8, 4) is 0 Å². The minimum atomic E-state index is -2.92. The summed E-state index contributed by atoms with van der Waals surface area (Å²) in [6.07, 6.45) is 4.07. The van der Waals surface area contributed by atoms with Crippen LogP contribution in [0.25, 0.3) is 0 Å². The van der Waals surface area contributed by atoms with Gasteiger partial charge in [0.25, 0.3) is 0 Å². The molecular weight excluding hydrogens is 226 g/mol. The Hall–Kier alpha value is -0.130. The van der Waals surface area contributed by atoms with E-state index in [1.165, 1.54) is 0 Å². The monoisotopic (exact) mass is 249 g/mol. The van der Waals surface area contributed by atoms with E-state index in [1.54, 1.807) is 0 Å². The maximum atomic E-state index is 11.7. The Morgan fingerprint density at radius 1 is 1.50 bits per heavy atom. The van der Waals surface area contributed by atoms with Gasteiger partial charge in [-0.1, -0.05) is 6.92 Å². The predicted octanol–water partition coefficient (Wildman–Crippen LogP) is 0.955. The lowest BCUT2D eigenvalue weighted by atomic mass is 10.1. The minimum Gasteiger partial charge on any atom is -0.378 e. The average molecular weight is 249 g/mol. The zero-order chi connectivity index (χ0) is 12.0. The molecule has 1 aliphatic heterocycles. The van der Waals surface area contributed by atoms with Crippen LogP contribution in [0.15, 0.2) is 0 Å². The van der Waals surface area contributed by atoms with Crippen molar-refractivity contribution in [3.05, 3.63) is 0 Å². The van der Waals surface area contributed by atoms with Gasteiger partial charge in [0, 0.05) is 6.61 Å². The number of rotatable bonds is 7. The summed E-state index contributed by atoms with van der Waals surface area (Å²) in [5.41, 5.74) is 5.42. The van der Waals surface area contributed by atoms with Crippen molar-refractivity contribution in [2.24, 2.45) is 11.7 Å². The molecule has 0 radical (unpaired) electrons. The molecule has 1 rings (SSSR count). The molecule has 0 aromatic heterocycles. The summed E-state index contributed by atoms with van der Waals surface area (Å²) in [4.78, 5) is 0. The maximum absolute atomic E-state index is 11.7. The molecule has 0 bridgehead atoms. The summed E-state index contributed by atoms with van der Waals surface area (Å²) in [5.74, 6) is 0.555. The molecule has 0 aromatic rings. The zero-order valence-corrected chi connectivity index (χ0v) is 10.8. The van der Waals surface area contributed by atoms with Crippen molar-refractivity contribution >= 4 is 9.84 Å². The van der Waals surface area contributed by atoms with Gasteiger partial charge in [-0.15, -0.1) is 0 Å². The van der Waals surface area contributed by atoms with E-state index in [2.05, 4.69) is 0 Å². The second-order valence-corrected chi connectivity index (χ2v) is 6.96. The first kappa shape index (κ1) is 13.9. The third kappa shape index (κ3) is 5.27. The SMILES string of the molecule is CC(CN)CS(=O)(=O)CCCC1CCCO1. The molecule has 2 unspecified atom stereocenters. The van der Waals surface area contributed by atoms with Gasteiger partial charge >= 0.3 is 0 Å². The summed E-state index contributed by atoms with van der Waals surface area (Å²) in [6, 6.07) is 0. The molecule has 96 valence electrons. The van der Waals surface area contributed by atoms with Gasteiger partial charge in [-0.25, -0.2) is 8.42 Å². The molecule has 2 N–H and O–H groups in total. The van der Waals surface area contributed by atoms with Crippen molar-refractivity contribution in [1.82, 2.24) is 0 Å². The Morgan fingerprint density at radius 3 is 2.81 bits per heavy atom. The molecular formula is C11H23NO3S. The highest BCUT2D eigenvalue weighted by molar-refractivity contribution is 7.91. The van der Waals surface area contributed by atoms with Crippen LogP contribution in [-0.2, 0) is 14.6 Å². The summed E-state index contributed by atoms with van der Waals surface area (Å²) >= 11 is 0. The summed E-state index contributed by atoms with van der Waals surface area (Å²) in [6.45, 7) is 3.14. The highest BCUT2D eigenvalue weighted by atomic mass is 32.2. The largest absolute Gasteiger partial charge is 0.378 e. The Morgan fingerprint density at radius 2 is 2.25 bits per heavy atom. The van der Waals surface area contributed by atoms with Crippen LogP contribution in [0.1, 0.15) is 32.6 Å². The molecule has 0 aliphatic carbocycles. The first-order chi connectivity index (χ1) is 7.53. The summed E-state index contributed by atoms with van der Waals surface area (Å²) in [7, 11) is -2.92. The number of hydrogen-bond donors (Lipinski definition) is 1. The van der Waals surface area contributed by atoms with Crippen LogP contribution >= 0.6 is 0 Å². The quantitative estimate of drug-likeness (QED) is 0.729. The van der Waals surface area contributed by atoms with E-state index < -0.39 is 9.84 Å². The van der Waals surface area contributed by atoms with Gasteiger partial charge in [0.1, 0.15) is 0 Å². The molecule has 2 atom stereocenters. The van der Waals surface area contributed by atoms with Gasteiger partial charge in [0.2, 0.25) is 0 Å². The van der Waals surface area contributed by atoms with E-state index in [1.807, 2.05) is 6.92 Å². The van der Waals surface area contributed by atoms with Crippen LogP contribution in [0.5, 0.6) is 0 Å². The lowest BCUT2D eigenvalue weighted by Gasteiger charge is -2.11. The summed E-state index contributed by atoms with van der Waals surface area (Å²) < 4.78 is 28.8. The third-order valence-electron chi connectivity index (χ3n) is 2.95. The molecule has 16 heavy (non-hydrogen) atoms. The van der Waals surface area contributed by atoms with E-state index in [-0.39, 0.29) is 17.4 Å². The molecule has 5 heteroatoms. The third-order valence-corrected chi connectivity index (χ3v) is 4.93. The number of hydrogen-bond acceptors (Lipinski definition) is 4. The van der Waals surface area contributed by atoms with Gasteiger partial charge in [-0.2, -0.15) is 0 Å². The zero-order valence-electron chi connectivity index (χ0n) is 10.0. The fraction of sp³-hybridized carbons (Fsp3) is 1.00. The lowest BCUT2D eigenvalue weighted by molar-refractivity contribution is 0.104. The van der Waals surface area contributed by atoms with Crippen molar-refractivity contribution in [1.29, 1.82) is 0 Å². The van der Waals surface area contributed by atoms with Crippen LogP contribution in [0.4, 0.5) is 0 Å². The fourth-order valence-corrected chi connectivity index (χ4v) is 3.76. The maximum Gasteiger partial charge on any atom is 0.150 e. The molecule has 1 fully saturated rings. The van der Waals surface area contributed by atoms with Crippen molar-refractivity contribution in [2.45, 2.75) is 38.7 Å². The second-order valence-electron chi connectivity index (χ2n) is 4.73. The normalized spacial score (nSPS) is 23.5. The van der Waals surface area contributed by atoms with E-state index in [4.69, 9.17) is 10.5 Å². The van der Waals surface area contributed by atoms with E-state index in [9.17, 15) is 8.42 Å². The van der Waals surface area contributed by atoms with Crippen LogP contribution in [0.3, 0.4) is 0 Å². The van der Waals surface area contributed by atoms with Crippen LogP contribution in [0.2, 0.25) is 0 Å². The Bertz CT molecular complexity index is 284. The first-order valence-electron chi connectivity index (χ1n) is 6.05. The lowest BCUT2D eigenvalue weighted by Crippen LogP contribution is -2.23. The number of nitrogens with two attached hydrogens (primary N) is 1. The minimum absolute atomic E-state index is 0.0627. The summed E-state index contributed by atoms with van der Waals surface area (Å²) in [5, 5.41) is 0. The smallest absolute Gasteiger partial charge is 0.150 e. The molecule has 4 nitrogen and oxygen atoms in total. The molecule has 1 heterocycles. The Labute approximate surface area is 98.5 Å². The van der Waals surface area contributed by atoms with Crippen LogP contribution in [0, 0.1) is 5.92 Å². The van der Waals surface area contributed by atoms with Crippen LogP contribution in [-0.4, -0.2) is 39.2 Å². The van der Waals surface area contributed by atoms with Gasteiger partial charge in [-0.05, 0) is 38.1 Å². The molecule has 0 aromatic carbocycles. The molecule has 0 spiro atoms.